The number of hydrogen-bond donors (Lipinski definition) is 1. The second kappa shape index (κ2) is 4.79. The number of fused-ring (bicyclic) bond motifs is 1. The molecule has 0 saturated carbocycles. The first-order valence-electron chi connectivity index (χ1n) is 6.30. The van der Waals surface area contributed by atoms with Crippen molar-refractivity contribution in [2.24, 2.45) is 0 Å². The molecule has 0 aromatic carbocycles. The quantitative estimate of drug-likeness (QED) is 0.668. The van der Waals surface area contributed by atoms with Crippen LogP contribution in [0.1, 0.15) is 26.5 Å². The lowest BCUT2D eigenvalue weighted by atomic mass is 10.0. The van der Waals surface area contributed by atoms with E-state index < -0.39 is 17.2 Å². The van der Waals surface area contributed by atoms with Crippen LogP contribution in [-0.4, -0.2) is 36.3 Å². The topological polar surface area (TPSA) is 95.9 Å². The van der Waals surface area contributed by atoms with Gasteiger partial charge in [-0.05, 0) is 13.8 Å². The van der Waals surface area contributed by atoms with Gasteiger partial charge in [0.05, 0.1) is 11.2 Å². The number of anilines is 1. The summed E-state index contributed by atoms with van der Waals surface area (Å²) in [6, 6.07) is 0. The highest BCUT2D eigenvalue weighted by atomic mass is 35.5. The van der Waals surface area contributed by atoms with Gasteiger partial charge in [-0.25, -0.2) is 4.98 Å². The van der Waals surface area contributed by atoms with E-state index in [1.165, 1.54) is 13.3 Å². The van der Waals surface area contributed by atoms with Crippen LogP contribution in [0.15, 0.2) is 6.33 Å². The summed E-state index contributed by atoms with van der Waals surface area (Å²) in [6.45, 7) is 3.28. The molecule has 2 aromatic heterocycles. The first kappa shape index (κ1) is 14.5. The Morgan fingerprint density at radius 2 is 2.29 bits per heavy atom. The smallest absolute Gasteiger partial charge is 0.223 e. The minimum Gasteiger partial charge on any atom is -0.368 e. The third-order valence-electron chi connectivity index (χ3n) is 3.49. The van der Waals surface area contributed by atoms with Crippen LogP contribution in [0.3, 0.4) is 0 Å². The Bertz CT molecular complexity index is 730. The van der Waals surface area contributed by atoms with E-state index in [2.05, 4.69) is 15.0 Å². The molecule has 2 aromatic rings. The number of imidazole rings is 1. The minimum atomic E-state index is -0.768. The molecule has 0 radical (unpaired) electrons. The van der Waals surface area contributed by atoms with Gasteiger partial charge < -0.3 is 10.5 Å². The van der Waals surface area contributed by atoms with Gasteiger partial charge in [0.2, 0.25) is 5.95 Å². The van der Waals surface area contributed by atoms with Crippen molar-refractivity contribution in [3.05, 3.63) is 11.5 Å². The Morgan fingerprint density at radius 3 is 2.90 bits per heavy atom. The summed E-state index contributed by atoms with van der Waals surface area (Å²) in [5.41, 5.74) is 6.45. The molecular weight excluding hydrogens is 317 g/mol. The van der Waals surface area contributed by atoms with Gasteiger partial charge in [-0.2, -0.15) is 9.97 Å². The fraction of sp³-hybridized carbons (Fsp3) is 0.500. The van der Waals surface area contributed by atoms with Gasteiger partial charge in [0, 0.05) is 6.42 Å². The number of nitrogen functional groups attached to an aromatic ring is 1. The molecular formula is C12H13Cl2N5O2. The lowest BCUT2D eigenvalue weighted by Crippen LogP contribution is -2.26. The number of Topliss-reactive ketones (excluding diaryl/α,β-unsaturated/α-hetero) is 1. The van der Waals surface area contributed by atoms with E-state index in [1.54, 1.807) is 11.5 Å². The second-order valence-electron chi connectivity index (χ2n) is 5.27. The summed E-state index contributed by atoms with van der Waals surface area (Å²) in [7, 11) is 0. The molecule has 1 saturated heterocycles. The van der Waals surface area contributed by atoms with Gasteiger partial charge in [-0.1, -0.05) is 11.6 Å². The highest BCUT2D eigenvalue weighted by Crippen LogP contribution is 2.44. The van der Waals surface area contributed by atoms with E-state index in [1.807, 2.05) is 0 Å². The maximum atomic E-state index is 11.5. The minimum absolute atomic E-state index is 0.0339. The fourth-order valence-corrected chi connectivity index (χ4v) is 2.99. The zero-order valence-electron chi connectivity index (χ0n) is 11.4. The van der Waals surface area contributed by atoms with Crippen molar-refractivity contribution in [3.63, 3.8) is 0 Å². The Morgan fingerprint density at radius 1 is 1.57 bits per heavy atom. The van der Waals surface area contributed by atoms with Gasteiger partial charge in [-0.3, -0.25) is 9.36 Å². The van der Waals surface area contributed by atoms with Crippen molar-refractivity contribution in [3.8, 4) is 0 Å². The molecule has 3 atom stereocenters. The number of alkyl halides is 1. The van der Waals surface area contributed by atoms with Crippen molar-refractivity contribution in [1.29, 1.82) is 0 Å². The van der Waals surface area contributed by atoms with Crippen molar-refractivity contribution >= 4 is 46.1 Å². The number of carbonyl (C=O) groups excluding carboxylic acids is 1. The van der Waals surface area contributed by atoms with Gasteiger partial charge in [0.15, 0.2) is 22.8 Å². The normalized spacial score (nSPS) is 29.1. The van der Waals surface area contributed by atoms with Gasteiger partial charge in [-0.15, -0.1) is 11.6 Å². The number of rotatable bonds is 2. The lowest BCUT2D eigenvalue weighted by Gasteiger charge is -2.23. The Kier molecular flexibility index (Phi) is 3.31. The molecule has 112 valence electrons. The van der Waals surface area contributed by atoms with Crippen LogP contribution >= 0.6 is 23.2 Å². The number of aromatic nitrogens is 4. The molecule has 1 aliphatic heterocycles. The molecule has 2 N–H and O–H groups in total. The highest BCUT2D eigenvalue weighted by molar-refractivity contribution is 6.33. The standard InChI is InChI=1S/C12H13Cl2N5O2/c1-5(20)6-3-12(2,14)10(21-6)19-4-16-7-8(13)17-11(15)18-9(7)19/h4,6,10H,3H2,1-2H3,(H2,15,17,18). The summed E-state index contributed by atoms with van der Waals surface area (Å²) in [5, 5.41) is 0.161. The SMILES string of the molecule is CC(=O)C1CC(C)(Cl)C(n2cnc3c(Cl)nc(N)nc32)O1. The lowest BCUT2D eigenvalue weighted by molar-refractivity contribution is -0.129. The van der Waals surface area contributed by atoms with E-state index in [0.717, 1.165) is 0 Å². The molecule has 9 heteroatoms. The molecule has 3 rings (SSSR count). The highest BCUT2D eigenvalue weighted by Gasteiger charge is 2.47. The van der Waals surface area contributed by atoms with Crippen LogP contribution in [0.2, 0.25) is 5.15 Å². The number of ketones is 1. The Labute approximate surface area is 130 Å². The third-order valence-corrected chi connectivity index (χ3v) is 4.10. The maximum absolute atomic E-state index is 11.5. The van der Waals surface area contributed by atoms with Gasteiger partial charge in [0.1, 0.15) is 11.6 Å². The number of carbonyl (C=O) groups is 1. The number of nitrogens with two attached hydrogens (primary N) is 1. The zero-order chi connectivity index (χ0) is 15.4. The summed E-state index contributed by atoms with van der Waals surface area (Å²) < 4.78 is 7.40. The van der Waals surface area contributed by atoms with Crippen LogP contribution in [0.5, 0.6) is 0 Å². The summed E-state index contributed by atoms with van der Waals surface area (Å²) in [5.74, 6) is -0.0346. The number of ether oxygens (including phenoxy) is 1. The predicted octanol–water partition coefficient (Wildman–Crippen LogP) is 1.94. The molecule has 0 bridgehead atoms. The number of nitrogens with zero attached hydrogens (tertiary/aromatic N) is 4. The number of hydrogen-bond acceptors (Lipinski definition) is 6. The molecule has 7 nitrogen and oxygen atoms in total. The maximum Gasteiger partial charge on any atom is 0.223 e. The molecule has 3 heterocycles. The molecule has 21 heavy (non-hydrogen) atoms. The van der Waals surface area contributed by atoms with E-state index in [0.29, 0.717) is 17.6 Å². The summed E-state index contributed by atoms with van der Waals surface area (Å²) in [4.78, 5) is 22.9. The van der Waals surface area contributed by atoms with E-state index in [9.17, 15) is 4.79 Å². The van der Waals surface area contributed by atoms with Crippen molar-refractivity contribution in [2.45, 2.75) is 37.5 Å². The monoisotopic (exact) mass is 329 g/mol. The first-order chi connectivity index (χ1) is 9.79. The summed E-state index contributed by atoms with van der Waals surface area (Å²) in [6.07, 6.45) is 0.772. The van der Waals surface area contributed by atoms with Crippen LogP contribution in [0.25, 0.3) is 11.2 Å². The van der Waals surface area contributed by atoms with E-state index in [4.69, 9.17) is 33.7 Å². The molecule has 0 aliphatic carbocycles. The van der Waals surface area contributed by atoms with Crippen LogP contribution in [-0.2, 0) is 9.53 Å². The van der Waals surface area contributed by atoms with Crippen LogP contribution < -0.4 is 5.73 Å². The van der Waals surface area contributed by atoms with E-state index in [-0.39, 0.29) is 16.9 Å². The fourth-order valence-electron chi connectivity index (χ4n) is 2.47. The van der Waals surface area contributed by atoms with E-state index >= 15 is 0 Å². The molecule has 1 fully saturated rings. The van der Waals surface area contributed by atoms with Gasteiger partial charge in [0.25, 0.3) is 0 Å². The molecule has 1 aliphatic rings. The molecule has 0 spiro atoms. The predicted molar refractivity (Wildman–Crippen MR) is 78.2 cm³/mol. The zero-order valence-corrected chi connectivity index (χ0v) is 12.9. The molecule has 0 amide bonds. The third kappa shape index (κ3) is 2.35. The van der Waals surface area contributed by atoms with Crippen LogP contribution in [0, 0.1) is 0 Å². The Hall–Kier alpha value is -1.44. The Balaban J connectivity index is 2.10. The molecule has 3 unspecified atom stereocenters. The first-order valence-corrected chi connectivity index (χ1v) is 7.05. The average molecular weight is 330 g/mol. The van der Waals surface area contributed by atoms with Crippen molar-refractivity contribution in [1.82, 2.24) is 19.5 Å². The summed E-state index contributed by atoms with van der Waals surface area (Å²) >= 11 is 12.5. The number of halogens is 2. The van der Waals surface area contributed by atoms with Crippen LogP contribution in [0.4, 0.5) is 5.95 Å². The largest absolute Gasteiger partial charge is 0.368 e. The van der Waals surface area contributed by atoms with Crippen molar-refractivity contribution in [2.75, 3.05) is 5.73 Å². The van der Waals surface area contributed by atoms with Crippen molar-refractivity contribution < 1.29 is 9.53 Å². The average Bonchev–Trinajstić information content (AvgIpc) is 2.89. The second-order valence-corrected chi connectivity index (χ2v) is 6.49. The van der Waals surface area contributed by atoms with Gasteiger partial charge >= 0.3 is 0 Å².